The second-order valence-electron chi connectivity index (χ2n) is 2.22. The lowest BCUT2D eigenvalue weighted by molar-refractivity contribution is 0.143. The highest BCUT2D eigenvalue weighted by molar-refractivity contribution is 6.19. The lowest BCUT2D eigenvalue weighted by Crippen LogP contribution is -2.38. The van der Waals surface area contributed by atoms with Crippen LogP contribution in [0, 0.1) is 0 Å². The molecule has 6 heteroatoms. The third kappa shape index (κ3) is 1.02. The average Bonchev–Trinajstić information content (AvgIpc) is 2.53. The first-order valence-corrected chi connectivity index (χ1v) is 3.40. The van der Waals surface area contributed by atoms with Crippen LogP contribution in [0.5, 0.6) is 0 Å². The number of nitrogens with one attached hydrogen (secondary N) is 1. The van der Waals surface area contributed by atoms with Gasteiger partial charge < -0.3 is 0 Å². The Balaban J connectivity index is 2.23. The first kappa shape index (κ1) is 7.11. The van der Waals surface area contributed by atoms with E-state index in [-0.39, 0.29) is 6.04 Å². The van der Waals surface area contributed by atoms with E-state index in [1.54, 1.807) is 0 Å². The van der Waals surface area contributed by atoms with E-state index >= 15 is 0 Å². The summed E-state index contributed by atoms with van der Waals surface area (Å²) in [4.78, 5) is 20.6. The summed E-state index contributed by atoms with van der Waals surface area (Å²) in [6.45, 7) is 0. The van der Waals surface area contributed by atoms with Gasteiger partial charge in [-0.25, -0.2) is 15.0 Å². The largest absolute Gasteiger partial charge is 0.278 e. The van der Waals surface area contributed by atoms with Crippen LogP contribution >= 0.6 is 0 Å². The molecule has 2 rings (SSSR count). The molecule has 0 bridgehead atoms. The highest BCUT2D eigenvalue weighted by Gasteiger charge is 2.25. The van der Waals surface area contributed by atoms with E-state index in [4.69, 9.17) is 4.84 Å². The third-order valence-corrected chi connectivity index (χ3v) is 1.50. The van der Waals surface area contributed by atoms with Gasteiger partial charge in [0.25, 0.3) is 0 Å². The second kappa shape index (κ2) is 2.82. The van der Waals surface area contributed by atoms with Crippen molar-refractivity contribution in [1.29, 1.82) is 0 Å². The Morgan fingerprint density at radius 2 is 2.33 bits per heavy atom. The molecule has 0 aliphatic carbocycles. The number of amidine groups is 2. The molecule has 6 nitrogen and oxygen atoms in total. The first-order chi connectivity index (χ1) is 5.92. The van der Waals surface area contributed by atoms with Gasteiger partial charge >= 0.3 is 0 Å². The normalized spacial score (nSPS) is 24.9. The SMILES string of the molecule is CONC1=NC=NC2=NC=NC21. The number of aliphatic imine (C=N–C) groups is 4. The Kier molecular flexibility index (Phi) is 1.67. The monoisotopic (exact) mass is 165 g/mol. The molecule has 0 amide bonds. The molecule has 1 atom stereocenters. The van der Waals surface area contributed by atoms with Crippen molar-refractivity contribution in [3.05, 3.63) is 0 Å². The summed E-state index contributed by atoms with van der Waals surface area (Å²) in [6.07, 6.45) is 2.89. The van der Waals surface area contributed by atoms with Gasteiger partial charge in [-0.1, -0.05) is 0 Å². The van der Waals surface area contributed by atoms with Crippen molar-refractivity contribution < 1.29 is 4.84 Å². The van der Waals surface area contributed by atoms with E-state index < -0.39 is 0 Å². The van der Waals surface area contributed by atoms with Gasteiger partial charge in [0.1, 0.15) is 12.7 Å². The van der Waals surface area contributed by atoms with E-state index in [1.807, 2.05) is 0 Å². The number of fused-ring (bicyclic) bond motifs is 1. The predicted octanol–water partition coefficient (Wildman–Crippen LogP) is -0.613. The number of hydrogen-bond donors (Lipinski definition) is 1. The minimum atomic E-state index is -0.213. The molecule has 62 valence electrons. The molecule has 0 saturated carbocycles. The molecule has 2 aliphatic heterocycles. The van der Waals surface area contributed by atoms with Crippen molar-refractivity contribution >= 4 is 24.3 Å². The number of hydroxylamine groups is 1. The lowest BCUT2D eigenvalue weighted by atomic mass is 10.2. The summed E-state index contributed by atoms with van der Waals surface area (Å²) >= 11 is 0. The summed E-state index contributed by atoms with van der Waals surface area (Å²) in [5, 5.41) is 0. The zero-order valence-electron chi connectivity index (χ0n) is 6.43. The van der Waals surface area contributed by atoms with Crippen molar-refractivity contribution in [2.45, 2.75) is 6.04 Å². The van der Waals surface area contributed by atoms with Crippen molar-refractivity contribution in [2.24, 2.45) is 20.0 Å². The molecule has 0 saturated heterocycles. The molecule has 12 heavy (non-hydrogen) atoms. The summed E-state index contributed by atoms with van der Waals surface area (Å²) in [5.74, 6) is 1.25. The molecule has 1 unspecified atom stereocenters. The maximum absolute atomic E-state index is 4.72. The molecule has 1 N–H and O–H groups in total. The third-order valence-electron chi connectivity index (χ3n) is 1.50. The first-order valence-electron chi connectivity index (χ1n) is 3.40. The van der Waals surface area contributed by atoms with Gasteiger partial charge in [-0.3, -0.25) is 15.3 Å². The number of hydrogen-bond acceptors (Lipinski definition) is 6. The van der Waals surface area contributed by atoms with Gasteiger partial charge in [-0.15, -0.1) is 0 Å². The van der Waals surface area contributed by atoms with Gasteiger partial charge in [0.2, 0.25) is 0 Å². The van der Waals surface area contributed by atoms with Crippen LogP contribution in [0.3, 0.4) is 0 Å². The van der Waals surface area contributed by atoms with Gasteiger partial charge in [0.05, 0.1) is 7.11 Å². The van der Waals surface area contributed by atoms with Crippen molar-refractivity contribution in [2.75, 3.05) is 7.11 Å². The molecule has 0 aromatic heterocycles. The summed E-state index contributed by atoms with van der Waals surface area (Å²) in [7, 11) is 1.52. The molecule has 0 aromatic rings. The highest BCUT2D eigenvalue weighted by atomic mass is 16.6. The fourth-order valence-electron chi connectivity index (χ4n) is 1.00. The second-order valence-corrected chi connectivity index (χ2v) is 2.22. The maximum Gasteiger partial charge on any atom is 0.171 e. The van der Waals surface area contributed by atoms with Crippen LogP contribution in [0.4, 0.5) is 0 Å². The van der Waals surface area contributed by atoms with Gasteiger partial charge in [-0.05, 0) is 0 Å². The van der Waals surface area contributed by atoms with E-state index in [0.717, 1.165) is 0 Å². The topological polar surface area (TPSA) is 70.7 Å². The van der Waals surface area contributed by atoms with Crippen LogP contribution in [-0.4, -0.2) is 37.5 Å². The molecule has 0 fully saturated rings. The van der Waals surface area contributed by atoms with Crippen molar-refractivity contribution in [3.8, 4) is 0 Å². The number of nitrogens with zero attached hydrogens (tertiary/aromatic N) is 4. The zero-order chi connectivity index (χ0) is 8.39. The molecule has 0 spiro atoms. The van der Waals surface area contributed by atoms with Crippen LogP contribution in [0.25, 0.3) is 0 Å². The van der Waals surface area contributed by atoms with Gasteiger partial charge in [0, 0.05) is 0 Å². The Morgan fingerprint density at radius 3 is 3.17 bits per heavy atom. The van der Waals surface area contributed by atoms with E-state index in [0.29, 0.717) is 11.7 Å². The van der Waals surface area contributed by atoms with Crippen LogP contribution < -0.4 is 5.48 Å². The van der Waals surface area contributed by atoms with Crippen LogP contribution in [0.2, 0.25) is 0 Å². The van der Waals surface area contributed by atoms with Crippen LogP contribution in [0.1, 0.15) is 0 Å². The average molecular weight is 165 g/mol. The maximum atomic E-state index is 4.72. The summed E-state index contributed by atoms with van der Waals surface area (Å²) in [6, 6.07) is -0.213. The minimum absolute atomic E-state index is 0.213. The quantitative estimate of drug-likeness (QED) is 0.526. The van der Waals surface area contributed by atoms with Crippen LogP contribution in [-0.2, 0) is 4.84 Å². The fraction of sp³-hybridized carbons (Fsp3) is 0.333. The molecule has 0 aromatic carbocycles. The fourth-order valence-corrected chi connectivity index (χ4v) is 1.00. The molecule has 2 heterocycles. The zero-order valence-corrected chi connectivity index (χ0v) is 6.43. The molecular weight excluding hydrogens is 158 g/mol. The molecular formula is C6H7N5O. The summed E-state index contributed by atoms with van der Waals surface area (Å²) < 4.78 is 0. The molecule has 2 aliphatic rings. The van der Waals surface area contributed by atoms with Crippen LogP contribution in [0.15, 0.2) is 20.0 Å². The Morgan fingerprint density at radius 1 is 1.42 bits per heavy atom. The van der Waals surface area contributed by atoms with E-state index in [2.05, 4.69) is 25.4 Å². The van der Waals surface area contributed by atoms with Gasteiger partial charge in [-0.2, -0.15) is 0 Å². The molecule has 0 radical (unpaired) electrons. The summed E-state index contributed by atoms with van der Waals surface area (Å²) in [5.41, 5.74) is 2.62. The Hall–Kier alpha value is -1.56. The van der Waals surface area contributed by atoms with Crippen molar-refractivity contribution in [3.63, 3.8) is 0 Å². The van der Waals surface area contributed by atoms with Gasteiger partial charge in [0.15, 0.2) is 17.7 Å². The number of rotatable bonds is 1. The van der Waals surface area contributed by atoms with E-state index in [1.165, 1.54) is 19.8 Å². The van der Waals surface area contributed by atoms with E-state index in [9.17, 15) is 0 Å². The predicted molar refractivity (Wildman–Crippen MR) is 45.8 cm³/mol. The smallest absolute Gasteiger partial charge is 0.171 e. The van der Waals surface area contributed by atoms with Crippen molar-refractivity contribution in [1.82, 2.24) is 5.48 Å². The standard InChI is InChI=1S/C6H7N5O/c1-12-11-6-4-5(8-2-7-4)9-3-10-6/h2-4H,1H3,(H,7,8,9,10,11). The highest BCUT2D eigenvalue weighted by Crippen LogP contribution is 2.07. The Labute approximate surface area is 68.8 Å². The lowest BCUT2D eigenvalue weighted by Gasteiger charge is -2.13. The minimum Gasteiger partial charge on any atom is -0.278 e. The Bertz CT molecular complexity index is 303.